The molecule has 2 aromatic rings. The van der Waals surface area contributed by atoms with Crippen molar-refractivity contribution in [2.45, 2.75) is 33.2 Å². The van der Waals surface area contributed by atoms with Crippen LogP contribution in [0.25, 0.3) is 0 Å². The van der Waals surface area contributed by atoms with Gasteiger partial charge in [0.15, 0.2) is 9.84 Å². The molecule has 0 saturated heterocycles. The lowest BCUT2D eigenvalue weighted by molar-refractivity contribution is -0.116. The fourth-order valence-corrected chi connectivity index (χ4v) is 7.27. The average Bonchev–Trinajstić information content (AvgIpc) is 2.74. The van der Waals surface area contributed by atoms with Crippen LogP contribution in [0.15, 0.2) is 53.1 Å². The highest BCUT2D eigenvalue weighted by molar-refractivity contribution is 7.95. The van der Waals surface area contributed by atoms with E-state index in [-0.39, 0.29) is 16.6 Å². The van der Waals surface area contributed by atoms with Crippen LogP contribution in [0.3, 0.4) is 0 Å². The smallest absolute Gasteiger partial charge is 0.224 e. The number of anilines is 2. The first-order chi connectivity index (χ1) is 14.0. The van der Waals surface area contributed by atoms with E-state index in [9.17, 15) is 13.2 Å². The molecule has 2 aromatic carbocycles. The molecule has 0 saturated carbocycles. The third kappa shape index (κ3) is 3.61. The lowest BCUT2D eigenvalue weighted by Gasteiger charge is -2.37. The van der Waals surface area contributed by atoms with E-state index in [0.717, 1.165) is 0 Å². The number of amides is 1. The minimum absolute atomic E-state index is 0.00961. The second-order valence-electron chi connectivity index (χ2n) is 8.54. The number of benzene rings is 2. The predicted octanol–water partition coefficient (Wildman–Crippen LogP) is 5.57. The number of para-hydroxylation sites is 2. The fourth-order valence-electron chi connectivity index (χ4n) is 4.40. The largest absolute Gasteiger partial charge is 0.356 e. The summed E-state index contributed by atoms with van der Waals surface area (Å²) in [5.74, 6) is -0.293. The first kappa shape index (κ1) is 21.2. The van der Waals surface area contributed by atoms with Crippen molar-refractivity contribution in [3.05, 3.63) is 68.7 Å². The minimum Gasteiger partial charge on any atom is -0.356 e. The third-order valence-electron chi connectivity index (χ3n) is 5.42. The zero-order valence-corrected chi connectivity index (χ0v) is 19.2. The maximum Gasteiger partial charge on any atom is 0.224 e. The zero-order chi connectivity index (χ0) is 21.8. The summed E-state index contributed by atoms with van der Waals surface area (Å²) < 4.78 is 27.1. The number of nitrogens with zero attached hydrogens (tertiary/aromatic N) is 1. The van der Waals surface area contributed by atoms with Crippen LogP contribution in [0, 0.1) is 5.41 Å². The van der Waals surface area contributed by atoms with Gasteiger partial charge >= 0.3 is 0 Å². The Hall–Kier alpha value is -2.02. The summed E-state index contributed by atoms with van der Waals surface area (Å²) in [7, 11) is -3.69. The molecule has 0 spiro atoms. The average molecular weight is 465 g/mol. The molecule has 2 aliphatic rings. The summed E-state index contributed by atoms with van der Waals surface area (Å²) >= 11 is 12.6. The molecule has 4 rings (SSSR count). The van der Waals surface area contributed by atoms with E-state index in [1.807, 2.05) is 32.0 Å². The van der Waals surface area contributed by atoms with Gasteiger partial charge in [-0.2, -0.15) is 0 Å². The van der Waals surface area contributed by atoms with Gasteiger partial charge in [0.1, 0.15) is 6.04 Å². The number of sulfone groups is 1. The summed E-state index contributed by atoms with van der Waals surface area (Å²) in [4.78, 5) is 14.6. The number of hydrogen-bond donors (Lipinski definition) is 1. The Morgan fingerprint density at radius 3 is 2.53 bits per heavy atom. The van der Waals surface area contributed by atoms with Crippen LogP contribution < -0.4 is 10.2 Å². The van der Waals surface area contributed by atoms with Gasteiger partial charge in [-0.1, -0.05) is 55.2 Å². The van der Waals surface area contributed by atoms with Crippen molar-refractivity contribution < 1.29 is 13.2 Å². The molecule has 0 bridgehead atoms. The maximum atomic E-state index is 13.6. The van der Waals surface area contributed by atoms with Crippen LogP contribution in [0.2, 0.25) is 10.0 Å². The second kappa shape index (κ2) is 7.29. The molecule has 2 aliphatic heterocycles. The van der Waals surface area contributed by atoms with Crippen molar-refractivity contribution in [1.29, 1.82) is 0 Å². The molecular formula is C22H22Cl2N2O3S. The number of carbonyl (C=O) groups is 1. The molecule has 1 amide bonds. The normalized spacial score (nSPS) is 21.9. The number of halogens is 2. The summed E-state index contributed by atoms with van der Waals surface area (Å²) in [6.45, 7) is 5.29. The predicted molar refractivity (Wildman–Crippen MR) is 122 cm³/mol. The molecule has 0 aliphatic carbocycles. The Bertz CT molecular complexity index is 1190. The van der Waals surface area contributed by atoms with E-state index < -0.39 is 21.3 Å². The van der Waals surface area contributed by atoms with Crippen molar-refractivity contribution in [2.24, 2.45) is 5.41 Å². The first-order valence-corrected chi connectivity index (χ1v) is 12.0. The standard InChI is InChI=1S/C22H22Cl2N2O3S/c1-13(27)26-19-7-5-4-6-17(19)25-18-11-22(2,3)12-30(28,29)21(18)20(26)15-9-8-14(23)10-16(15)24/h4-10,20,25H,11-12H2,1-3H3. The zero-order valence-electron chi connectivity index (χ0n) is 16.9. The Morgan fingerprint density at radius 1 is 1.17 bits per heavy atom. The molecule has 5 nitrogen and oxygen atoms in total. The van der Waals surface area contributed by atoms with Crippen LogP contribution in [0.1, 0.15) is 38.8 Å². The highest BCUT2D eigenvalue weighted by Gasteiger charge is 2.46. The van der Waals surface area contributed by atoms with Gasteiger partial charge in [0, 0.05) is 22.7 Å². The van der Waals surface area contributed by atoms with Gasteiger partial charge in [-0.05, 0) is 41.7 Å². The van der Waals surface area contributed by atoms with Gasteiger partial charge in [0.05, 0.1) is 22.0 Å². The quantitative estimate of drug-likeness (QED) is 0.598. The van der Waals surface area contributed by atoms with Gasteiger partial charge in [0.25, 0.3) is 0 Å². The van der Waals surface area contributed by atoms with Gasteiger partial charge in [-0.3, -0.25) is 9.69 Å². The van der Waals surface area contributed by atoms with Crippen LogP contribution in [-0.2, 0) is 14.6 Å². The Balaban J connectivity index is 2.09. The topological polar surface area (TPSA) is 66.5 Å². The summed E-state index contributed by atoms with van der Waals surface area (Å²) in [6, 6.07) is 11.3. The molecule has 30 heavy (non-hydrogen) atoms. The molecule has 0 aromatic heterocycles. The maximum absolute atomic E-state index is 13.6. The molecule has 1 atom stereocenters. The molecular weight excluding hydrogens is 443 g/mol. The van der Waals surface area contributed by atoms with E-state index in [2.05, 4.69) is 5.32 Å². The van der Waals surface area contributed by atoms with E-state index in [4.69, 9.17) is 23.2 Å². The molecule has 8 heteroatoms. The molecule has 1 unspecified atom stereocenters. The lowest BCUT2D eigenvalue weighted by atomic mass is 9.88. The summed E-state index contributed by atoms with van der Waals surface area (Å²) in [6.07, 6.45) is 0.531. The van der Waals surface area contributed by atoms with Gasteiger partial charge in [-0.15, -0.1) is 0 Å². The van der Waals surface area contributed by atoms with Gasteiger partial charge < -0.3 is 5.32 Å². The Kier molecular flexibility index (Phi) is 5.16. The van der Waals surface area contributed by atoms with Crippen molar-refractivity contribution in [3.8, 4) is 0 Å². The number of rotatable bonds is 1. The third-order valence-corrected chi connectivity index (χ3v) is 8.28. The van der Waals surface area contributed by atoms with Crippen LogP contribution >= 0.6 is 23.2 Å². The van der Waals surface area contributed by atoms with Crippen molar-refractivity contribution in [3.63, 3.8) is 0 Å². The van der Waals surface area contributed by atoms with Gasteiger partial charge in [-0.25, -0.2) is 8.42 Å². The monoisotopic (exact) mass is 464 g/mol. The van der Waals surface area contributed by atoms with Crippen molar-refractivity contribution in [1.82, 2.24) is 0 Å². The SMILES string of the molecule is CC(=O)N1c2ccccc2NC2=C(C1c1ccc(Cl)cc1Cl)S(=O)(=O)CC(C)(C)C2. The van der Waals surface area contributed by atoms with Crippen LogP contribution in [0.4, 0.5) is 11.4 Å². The van der Waals surface area contributed by atoms with E-state index in [0.29, 0.717) is 39.1 Å². The molecule has 0 fully saturated rings. The highest BCUT2D eigenvalue weighted by atomic mass is 35.5. The number of carbonyl (C=O) groups excluding carboxylic acids is 1. The van der Waals surface area contributed by atoms with Crippen LogP contribution in [0.5, 0.6) is 0 Å². The van der Waals surface area contributed by atoms with E-state index in [1.165, 1.54) is 11.8 Å². The first-order valence-electron chi connectivity index (χ1n) is 9.57. The number of nitrogens with one attached hydrogen (secondary N) is 1. The fraction of sp³-hybridized carbons (Fsp3) is 0.318. The van der Waals surface area contributed by atoms with E-state index >= 15 is 0 Å². The summed E-state index contributed by atoms with van der Waals surface area (Å²) in [5, 5.41) is 4.07. The number of hydrogen-bond acceptors (Lipinski definition) is 4. The minimum atomic E-state index is -3.69. The van der Waals surface area contributed by atoms with Crippen LogP contribution in [-0.4, -0.2) is 20.1 Å². The molecule has 2 heterocycles. The molecule has 0 radical (unpaired) electrons. The molecule has 158 valence electrons. The Labute approximate surface area is 186 Å². The van der Waals surface area contributed by atoms with Crippen molar-refractivity contribution in [2.75, 3.05) is 16.0 Å². The number of allylic oxidation sites excluding steroid dienone is 1. The van der Waals surface area contributed by atoms with Gasteiger partial charge in [0.2, 0.25) is 5.91 Å². The second-order valence-corrected chi connectivity index (χ2v) is 11.3. The lowest BCUT2D eigenvalue weighted by Crippen LogP contribution is -2.40. The highest BCUT2D eigenvalue weighted by Crippen LogP contribution is 2.50. The molecule has 1 N–H and O–H groups in total. The van der Waals surface area contributed by atoms with E-state index in [1.54, 1.807) is 24.3 Å². The summed E-state index contributed by atoms with van der Waals surface area (Å²) in [5.41, 5.74) is 1.95. The number of fused-ring (bicyclic) bond motifs is 1. The van der Waals surface area contributed by atoms with Crippen molar-refractivity contribution >= 4 is 50.3 Å². The Morgan fingerprint density at radius 2 is 1.87 bits per heavy atom.